The zero-order valence-corrected chi connectivity index (χ0v) is 12.4. The van der Waals surface area contributed by atoms with Gasteiger partial charge < -0.3 is 5.73 Å². The molecule has 0 radical (unpaired) electrons. The maximum atomic E-state index is 12.0. The smallest absolute Gasteiger partial charge is 0.257 e. The number of hydrogen-bond donors (Lipinski definition) is 2. The first kappa shape index (κ1) is 15.7. The Morgan fingerprint density at radius 1 is 1.33 bits per heavy atom. The van der Waals surface area contributed by atoms with Crippen LogP contribution in [0.1, 0.15) is 36.5 Å². The molecule has 1 fully saturated rings. The summed E-state index contributed by atoms with van der Waals surface area (Å²) < 4.78 is 0. The van der Waals surface area contributed by atoms with Crippen molar-refractivity contribution in [3.8, 4) is 0 Å². The average molecular weight is 289 g/mol. The van der Waals surface area contributed by atoms with E-state index in [-0.39, 0.29) is 30.4 Å². The van der Waals surface area contributed by atoms with E-state index in [4.69, 9.17) is 5.73 Å². The summed E-state index contributed by atoms with van der Waals surface area (Å²) >= 11 is 0. The monoisotopic (exact) mass is 289 g/mol. The first-order valence-electron chi connectivity index (χ1n) is 7.47. The van der Waals surface area contributed by atoms with Crippen LogP contribution in [0.2, 0.25) is 0 Å². The van der Waals surface area contributed by atoms with E-state index < -0.39 is 0 Å². The van der Waals surface area contributed by atoms with Crippen molar-refractivity contribution in [1.29, 1.82) is 0 Å². The standard InChI is InChI=1S/C16H23N3O2/c1-12(17)14-9-5-6-10-19(14)11-15(20)18-16(21)13-7-3-2-4-8-13/h2-4,7-8,12,14H,5-6,9-11,17H2,1H3,(H,18,20,21). The van der Waals surface area contributed by atoms with Gasteiger partial charge in [0.1, 0.15) is 0 Å². The number of carbonyl (C=O) groups is 2. The minimum absolute atomic E-state index is 0.0305. The number of benzene rings is 1. The first-order chi connectivity index (χ1) is 10.1. The van der Waals surface area contributed by atoms with Gasteiger partial charge in [-0.15, -0.1) is 0 Å². The fourth-order valence-electron chi connectivity index (χ4n) is 2.82. The predicted octanol–water partition coefficient (Wildman–Crippen LogP) is 1.14. The van der Waals surface area contributed by atoms with Crippen LogP contribution in [0, 0.1) is 0 Å². The van der Waals surface area contributed by atoms with Crippen LogP contribution >= 0.6 is 0 Å². The third kappa shape index (κ3) is 4.37. The van der Waals surface area contributed by atoms with Crippen molar-refractivity contribution in [3.05, 3.63) is 35.9 Å². The number of nitrogens with two attached hydrogens (primary N) is 1. The summed E-state index contributed by atoms with van der Waals surface area (Å²) in [7, 11) is 0. The minimum Gasteiger partial charge on any atom is -0.327 e. The van der Waals surface area contributed by atoms with Crippen LogP contribution in [0.5, 0.6) is 0 Å². The van der Waals surface area contributed by atoms with Crippen molar-refractivity contribution in [3.63, 3.8) is 0 Å². The van der Waals surface area contributed by atoms with Crippen molar-refractivity contribution < 1.29 is 9.59 Å². The number of nitrogens with zero attached hydrogens (tertiary/aromatic N) is 1. The molecule has 1 saturated heterocycles. The molecule has 2 atom stereocenters. The Bertz CT molecular complexity index is 488. The Morgan fingerprint density at radius 2 is 2.05 bits per heavy atom. The maximum Gasteiger partial charge on any atom is 0.257 e. The van der Waals surface area contributed by atoms with Crippen LogP contribution in [-0.4, -0.2) is 41.9 Å². The molecule has 3 N–H and O–H groups in total. The molecule has 0 aliphatic carbocycles. The highest BCUT2D eigenvalue weighted by Gasteiger charge is 2.27. The second-order valence-corrected chi connectivity index (χ2v) is 5.64. The van der Waals surface area contributed by atoms with Gasteiger partial charge in [0.05, 0.1) is 6.54 Å². The number of nitrogens with one attached hydrogen (secondary N) is 1. The molecule has 5 heteroatoms. The summed E-state index contributed by atoms with van der Waals surface area (Å²) in [5, 5.41) is 2.44. The maximum absolute atomic E-state index is 12.0. The molecular weight excluding hydrogens is 266 g/mol. The molecule has 114 valence electrons. The summed E-state index contributed by atoms with van der Waals surface area (Å²) in [6, 6.07) is 9.01. The number of imide groups is 1. The molecular formula is C16H23N3O2. The second-order valence-electron chi connectivity index (χ2n) is 5.64. The minimum atomic E-state index is -0.352. The SMILES string of the molecule is CC(N)C1CCCCN1CC(=O)NC(=O)c1ccccc1. The molecule has 0 spiro atoms. The summed E-state index contributed by atoms with van der Waals surface area (Å²) in [6.45, 7) is 3.06. The first-order valence-corrected chi connectivity index (χ1v) is 7.47. The van der Waals surface area contributed by atoms with Gasteiger partial charge >= 0.3 is 0 Å². The van der Waals surface area contributed by atoms with Gasteiger partial charge in [-0.2, -0.15) is 0 Å². The molecule has 1 aromatic rings. The van der Waals surface area contributed by atoms with E-state index in [2.05, 4.69) is 10.2 Å². The fraction of sp³-hybridized carbons (Fsp3) is 0.500. The lowest BCUT2D eigenvalue weighted by Crippen LogP contribution is -2.52. The molecule has 1 aromatic carbocycles. The largest absolute Gasteiger partial charge is 0.327 e. The third-order valence-corrected chi connectivity index (χ3v) is 3.91. The van der Waals surface area contributed by atoms with Gasteiger partial charge in [-0.25, -0.2) is 0 Å². The van der Waals surface area contributed by atoms with E-state index in [1.54, 1.807) is 24.3 Å². The normalized spacial score (nSPS) is 20.8. The fourth-order valence-corrected chi connectivity index (χ4v) is 2.82. The highest BCUT2D eigenvalue weighted by atomic mass is 16.2. The number of amides is 2. The van der Waals surface area contributed by atoms with E-state index in [9.17, 15) is 9.59 Å². The number of likely N-dealkylation sites (tertiary alicyclic amines) is 1. The summed E-state index contributed by atoms with van der Waals surface area (Å²) in [4.78, 5) is 26.1. The van der Waals surface area contributed by atoms with E-state index >= 15 is 0 Å². The number of hydrogen-bond acceptors (Lipinski definition) is 4. The van der Waals surface area contributed by atoms with Crippen LogP contribution in [0.15, 0.2) is 30.3 Å². The second kappa shape index (κ2) is 7.33. The zero-order chi connectivity index (χ0) is 15.2. The van der Waals surface area contributed by atoms with Crippen LogP contribution in [0.3, 0.4) is 0 Å². The Balaban J connectivity index is 1.90. The third-order valence-electron chi connectivity index (χ3n) is 3.91. The molecule has 2 rings (SSSR count). The molecule has 0 bridgehead atoms. The predicted molar refractivity (Wildman–Crippen MR) is 81.8 cm³/mol. The van der Waals surface area contributed by atoms with Crippen LogP contribution in [-0.2, 0) is 4.79 Å². The Labute approximate surface area is 125 Å². The van der Waals surface area contributed by atoms with E-state index in [1.165, 1.54) is 0 Å². The zero-order valence-electron chi connectivity index (χ0n) is 12.4. The van der Waals surface area contributed by atoms with Crippen molar-refractivity contribution >= 4 is 11.8 Å². The highest BCUT2D eigenvalue weighted by Crippen LogP contribution is 2.18. The lowest BCUT2D eigenvalue weighted by Gasteiger charge is -2.37. The molecule has 0 aromatic heterocycles. The van der Waals surface area contributed by atoms with Gasteiger partial charge in [-0.3, -0.25) is 19.8 Å². The molecule has 21 heavy (non-hydrogen) atoms. The van der Waals surface area contributed by atoms with E-state index in [0.29, 0.717) is 5.56 Å². The van der Waals surface area contributed by atoms with Crippen molar-refractivity contribution in [1.82, 2.24) is 10.2 Å². The average Bonchev–Trinajstić information content (AvgIpc) is 2.48. The van der Waals surface area contributed by atoms with Gasteiger partial charge in [0.15, 0.2) is 0 Å². The molecule has 1 aliphatic rings. The van der Waals surface area contributed by atoms with Gasteiger partial charge in [0, 0.05) is 17.6 Å². The van der Waals surface area contributed by atoms with E-state index in [0.717, 1.165) is 25.8 Å². The van der Waals surface area contributed by atoms with Crippen molar-refractivity contribution in [2.24, 2.45) is 5.73 Å². The highest BCUT2D eigenvalue weighted by molar-refractivity contribution is 6.05. The summed E-state index contributed by atoms with van der Waals surface area (Å²) in [5.74, 6) is -0.619. The molecule has 1 heterocycles. The van der Waals surface area contributed by atoms with Crippen LogP contribution < -0.4 is 11.1 Å². The Morgan fingerprint density at radius 3 is 2.71 bits per heavy atom. The number of carbonyl (C=O) groups excluding carboxylic acids is 2. The number of rotatable bonds is 4. The topological polar surface area (TPSA) is 75.4 Å². The van der Waals surface area contributed by atoms with E-state index in [1.807, 2.05) is 13.0 Å². The Kier molecular flexibility index (Phi) is 5.47. The van der Waals surface area contributed by atoms with Crippen molar-refractivity contribution in [2.75, 3.05) is 13.1 Å². The number of piperidine rings is 1. The molecule has 2 unspecified atom stereocenters. The molecule has 1 aliphatic heterocycles. The summed E-state index contributed by atoms with van der Waals surface area (Å²) in [6.07, 6.45) is 3.23. The lowest BCUT2D eigenvalue weighted by molar-refractivity contribution is -0.122. The quantitative estimate of drug-likeness (QED) is 0.871. The molecule has 0 saturated carbocycles. The van der Waals surface area contributed by atoms with Gasteiger partial charge in [0.25, 0.3) is 5.91 Å². The van der Waals surface area contributed by atoms with Gasteiger partial charge in [-0.05, 0) is 38.4 Å². The molecule has 2 amide bonds. The van der Waals surface area contributed by atoms with Gasteiger partial charge in [0.2, 0.25) is 5.91 Å². The van der Waals surface area contributed by atoms with Crippen molar-refractivity contribution in [2.45, 2.75) is 38.3 Å². The lowest BCUT2D eigenvalue weighted by atomic mass is 9.97. The van der Waals surface area contributed by atoms with Crippen LogP contribution in [0.25, 0.3) is 0 Å². The molecule has 5 nitrogen and oxygen atoms in total. The van der Waals surface area contributed by atoms with Gasteiger partial charge in [-0.1, -0.05) is 24.6 Å². The van der Waals surface area contributed by atoms with Crippen LogP contribution in [0.4, 0.5) is 0 Å². The summed E-state index contributed by atoms with van der Waals surface area (Å²) in [5.41, 5.74) is 6.48. The Hall–Kier alpha value is -1.72.